The first-order valence-electron chi connectivity index (χ1n) is 13.2. The van der Waals surface area contributed by atoms with E-state index in [1.165, 1.54) is 18.0 Å². The third kappa shape index (κ3) is 9.71. The number of nitrogens with one attached hydrogen (secondary N) is 4. The molecule has 0 spiro atoms. The van der Waals surface area contributed by atoms with E-state index in [1.54, 1.807) is 19.4 Å². The number of hydrogen-bond acceptors (Lipinski definition) is 10. The largest absolute Gasteiger partial charge is 0.480 e. The van der Waals surface area contributed by atoms with Gasteiger partial charge in [-0.2, -0.15) is 0 Å². The minimum absolute atomic E-state index is 0.0455. The van der Waals surface area contributed by atoms with Crippen molar-refractivity contribution >= 4 is 29.6 Å². The number of rotatable bonds is 17. The first-order chi connectivity index (χ1) is 18.5. The lowest BCUT2D eigenvalue weighted by Crippen LogP contribution is -2.38. The number of allylic oxidation sites excluding steroid dienone is 1. The summed E-state index contributed by atoms with van der Waals surface area (Å²) in [5.74, 6) is 1.02. The lowest BCUT2D eigenvalue weighted by atomic mass is 10.1. The van der Waals surface area contributed by atoms with Crippen LogP contribution in [0.25, 0.3) is 0 Å². The first kappa shape index (κ1) is 29.0. The Kier molecular flexibility index (Phi) is 11.9. The van der Waals surface area contributed by atoms with E-state index in [-0.39, 0.29) is 6.10 Å². The zero-order valence-corrected chi connectivity index (χ0v) is 22.3. The lowest BCUT2D eigenvalue weighted by Gasteiger charge is -2.27. The number of ether oxygens (including phenoxy) is 1. The van der Waals surface area contributed by atoms with Crippen LogP contribution in [0.5, 0.6) is 0 Å². The molecule has 0 aliphatic carbocycles. The van der Waals surface area contributed by atoms with Gasteiger partial charge in [-0.1, -0.05) is 6.07 Å². The number of anilines is 3. The van der Waals surface area contributed by atoms with E-state index in [4.69, 9.17) is 15.1 Å². The topological polar surface area (TPSA) is 148 Å². The highest BCUT2D eigenvalue weighted by atomic mass is 16.5. The second-order valence-electron chi connectivity index (χ2n) is 9.43. The van der Waals surface area contributed by atoms with Crippen molar-refractivity contribution in [3.05, 3.63) is 48.1 Å². The van der Waals surface area contributed by atoms with Crippen LogP contribution < -0.4 is 16.0 Å². The molecule has 0 amide bonds. The number of hydrogen-bond donors (Lipinski definition) is 5. The Morgan fingerprint density at radius 3 is 2.92 bits per heavy atom. The zero-order chi connectivity index (χ0) is 27.2. The molecule has 2 aromatic rings. The van der Waals surface area contributed by atoms with Gasteiger partial charge >= 0.3 is 5.97 Å². The Morgan fingerprint density at radius 1 is 1.29 bits per heavy atom. The molecule has 2 aromatic heterocycles. The van der Waals surface area contributed by atoms with Gasteiger partial charge in [0.25, 0.3) is 0 Å². The molecule has 3 rings (SSSR count). The molecule has 0 saturated carbocycles. The summed E-state index contributed by atoms with van der Waals surface area (Å²) in [6.45, 7) is 5.19. The molecule has 0 radical (unpaired) electrons. The van der Waals surface area contributed by atoms with Gasteiger partial charge in [0.15, 0.2) is 0 Å². The van der Waals surface area contributed by atoms with E-state index < -0.39 is 12.0 Å². The Bertz CT molecular complexity index is 1060. The van der Waals surface area contributed by atoms with Gasteiger partial charge in [-0.05, 0) is 69.7 Å². The van der Waals surface area contributed by atoms with Crippen LogP contribution in [0.1, 0.15) is 43.9 Å². The summed E-state index contributed by atoms with van der Waals surface area (Å²) in [4.78, 5) is 27.3. The Morgan fingerprint density at radius 2 is 2.13 bits per heavy atom. The number of aromatic nitrogens is 3. The number of carboxylic acids is 1. The van der Waals surface area contributed by atoms with Crippen molar-refractivity contribution in [1.82, 2.24) is 19.9 Å². The quantitative estimate of drug-likeness (QED) is 0.154. The maximum atomic E-state index is 12.0. The van der Waals surface area contributed by atoms with Gasteiger partial charge in [-0.3, -0.25) is 0 Å². The van der Waals surface area contributed by atoms with Crippen LogP contribution in [0, 0.1) is 5.41 Å². The fourth-order valence-corrected chi connectivity index (χ4v) is 4.33. The summed E-state index contributed by atoms with van der Waals surface area (Å²) in [6, 6.07) is 5.17. The maximum Gasteiger partial charge on any atom is 0.326 e. The highest BCUT2D eigenvalue weighted by molar-refractivity contribution is 5.77. The van der Waals surface area contributed by atoms with Gasteiger partial charge in [0.1, 0.15) is 29.8 Å². The van der Waals surface area contributed by atoms with Gasteiger partial charge in [0.2, 0.25) is 0 Å². The number of nitrogens with zero attached hydrogens (tertiary/aromatic N) is 4. The average molecular weight is 525 g/mol. The minimum Gasteiger partial charge on any atom is -0.480 e. The number of fused-ring (bicyclic) bond motifs is 1. The summed E-state index contributed by atoms with van der Waals surface area (Å²) in [7, 11) is 1.69. The van der Waals surface area contributed by atoms with Gasteiger partial charge < -0.3 is 36.1 Å². The molecule has 0 fully saturated rings. The molecule has 206 valence electrons. The van der Waals surface area contributed by atoms with Gasteiger partial charge in [-0.25, -0.2) is 19.7 Å². The molecule has 0 aromatic carbocycles. The van der Waals surface area contributed by atoms with Crippen molar-refractivity contribution in [2.75, 3.05) is 49.2 Å². The fraction of sp³-hybridized carbons (Fsp3) is 0.519. The molecule has 2 atom stereocenters. The van der Waals surface area contributed by atoms with E-state index in [2.05, 4.69) is 43.0 Å². The number of carboxylic acid groups (broad SMARTS) is 1. The molecule has 1 unspecified atom stereocenters. The summed E-state index contributed by atoms with van der Waals surface area (Å²) < 4.78 is 5.48. The van der Waals surface area contributed by atoms with Crippen LogP contribution in [0.2, 0.25) is 0 Å². The summed E-state index contributed by atoms with van der Waals surface area (Å²) >= 11 is 0. The zero-order valence-electron chi connectivity index (χ0n) is 22.3. The second-order valence-corrected chi connectivity index (χ2v) is 9.43. The average Bonchev–Trinajstić information content (AvgIpc) is 2.93. The van der Waals surface area contributed by atoms with Crippen LogP contribution in [-0.2, 0) is 22.4 Å². The molecule has 3 heterocycles. The van der Waals surface area contributed by atoms with Gasteiger partial charge in [-0.15, -0.1) is 0 Å². The highest BCUT2D eigenvalue weighted by Crippen LogP contribution is 2.20. The molecular weight excluding hydrogens is 484 g/mol. The molecule has 11 heteroatoms. The maximum absolute atomic E-state index is 12.0. The number of unbranched alkanes of at least 4 members (excludes halogenated alkanes) is 1. The van der Waals surface area contributed by atoms with Crippen molar-refractivity contribution in [1.29, 1.82) is 5.41 Å². The van der Waals surface area contributed by atoms with Crippen LogP contribution in [-0.4, -0.2) is 82.6 Å². The summed E-state index contributed by atoms with van der Waals surface area (Å²) in [5.41, 5.74) is 2.41. The molecule has 11 nitrogen and oxygen atoms in total. The predicted octanol–water partition coefficient (Wildman–Crippen LogP) is 3.42. The van der Waals surface area contributed by atoms with E-state index in [1.807, 2.05) is 6.92 Å². The number of aryl methyl sites for hydroxylation is 2. The lowest BCUT2D eigenvalue weighted by molar-refractivity contribution is -0.138. The third-order valence-electron chi connectivity index (χ3n) is 6.47. The minimum atomic E-state index is -0.936. The SMILES string of the molecule is CO[C@H](C)CN(CCCCc1ccc2c(n1)NCCC2)CCC(Nc1cc(N/C=C\C=N)ncn1)C(=O)O. The molecule has 0 bridgehead atoms. The van der Waals surface area contributed by atoms with Crippen molar-refractivity contribution in [2.24, 2.45) is 0 Å². The first-order valence-corrected chi connectivity index (χ1v) is 13.2. The number of carbonyl (C=O) groups is 1. The van der Waals surface area contributed by atoms with Crippen molar-refractivity contribution < 1.29 is 14.6 Å². The number of pyridine rings is 1. The van der Waals surface area contributed by atoms with E-state index in [0.29, 0.717) is 24.6 Å². The van der Waals surface area contributed by atoms with Gasteiger partial charge in [0, 0.05) is 50.9 Å². The van der Waals surface area contributed by atoms with Crippen LogP contribution >= 0.6 is 0 Å². The molecule has 5 N–H and O–H groups in total. The van der Waals surface area contributed by atoms with Crippen LogP contribution in [0.4, 0.5) is 17.5 Å². The number of aliphatic carboxylic acids is 1. The highest BCUT2D eigenvalue weighted by Gasteiger charge is 2.20. The molecule has 38 heavy (non-hydrogen) atoms. The fourth-order valence-electron chi connectivity index (χ4n) is 4.33. The number of methoxy groups -OCH3 is 1. The summed E-state index contributed by atoms with van der Waals surface area (Å²) in [6.07, 6.45) is 11.2. The Hall–Kier alpha value is -3.57. The van der Waals surface area contributed by atoms with E-state index in [0.717, 1.165) is 69.5 Å². The Balaban J connectivity index is 1.51. The Labute approximate surface area is 224 Å². The molecule has 0 saturated heterocycles. The van der Waals surface area contributed by atoms with Crippen LogP contribution in [0.15, 0.2) is 36.8 Å². The van der Waals surface area contributed by atoms with E-state index >= 15 is 0 Å². The normalized spacial score (nSPS) is 14.5. The monoisotopic (exact) mass is 524 g/mol. The van der Waals surface area contributed by atoms with Crippen molar-refractivity contribution in [3.63, 3.8) is 0 Å². The summed E-state index contributed by atoms with van der Waals surface area (Å²) in [5, 5.41) is 26.2. The van der Waals surface area contributed by atoms with Gasteiger partial charge in [0.05, 0.1) is 6.10 Å². The van der Waals surface area contributed by atoms with Crippen molar-refractivity contribution in [2.45, 2.75) is 57.6 Å². The third-order valence-corrected chi connectivity index (χ3v) is 6.47. The predicted molar refractivity (Wildman–Crippen MR) is 150 cm³/mol. The smallest absolute Gasteiger partial charge is 0.326 e. The molecule has 1 aliphatic rings. The molecular formula is C27H40N8O3. The van der Waals surface area contributed by atoms with E-state index in [9.17, 15) is 9.90 Å². The van der Waals surface area contributed by atoms with Crippen molar-refractivity contribution in [3.8, 4) is 0 Å². The molecule has 1 aliphatic heterocycles. The second kappa shape index (κ2) is 15.6. The standard InChI is InChI=1S/C27H40N8O3/c1-20(38-2)18-35(15-4-3-8-22-10-9-21-7-5-13-30-26(21)33-22)16-11-23(27(36)37)34-25-17-24(31-19-32-25)29-14-6-12-28/h6,9-10,12,14,17,19-20,23,28H,3-5,7-8,11,13,15-16,18H2,1-2H3,(H,30,33)(H,36,37)(H2,29,31,32,34)/b14-6-,28-12?/t20-,23?/m1/s1. The van der Waals surface area contributed by atoms with Crippen LogP contribution in [0.3, 0.4) is 0 Å².